The summed E-state index contributed by atoms with van der Waals surface area (Å²) in [5.41, 5.74) is 6.60. The molecule has 1 aliphatic heterocycles. The number of halogens is 1. The van der Waals surface area contributed by atoms with Crippen LogP contribution in [-0.4, -0.2) is 25.7 Å². The second-order valence-electron chi connectivity index (χ2n) is 3.77. The summed E-state index contributed by atoms with van der Waals surface area (Å²) in [7, 11) is -3.25. The van der Waals surface area contributed by atoms with E-state index in [9.17, 15) is 8.42 Å². The van der Waals surface area contributed by atoms with Crippen LogP contribution in [0.4, 0.5) is 5.69 Å². The molecule has 0 aromatic heterocycles. The van der Waals surface area contributed by atoms with Crippen LogP contribution in [-0.2, 0) is 10.0 Å². The topological polar surface area (TPSA) is 63.4 Å². The third-order valence-corrected chi connectivity index (χ3v) is 4.90. The number of nitrogens with zero attached hydrogens (tertiary/aromatic N) is 1. The number of sulfonamides is 1. The fraction of sp³-hybridized carbons (Fsp3) is 0.300. The number of hydrogen-bond acceptors (Lipinski definition) is 3. The van der Waals surface area contributed by atoms with Crippen molar-refractivity contribution in [3.05, 3.63) is 28.8 Å². The molecule has 2 N–H and O–H groups in total. The average molecular weight is 291 g/mol. The van der Waals surface area contributed by atoms with Gasteiger partial charge in [0.25, 0.3) is 0 Å². The number of benzene rings is 1. The summed E-state index contributed by atoms with van der Waals surface area (Å²) in [5.74, 6) is 0.149. The SMILES string of the molecule is NC(=S)c1ccc(Cl)cc1N1CCCS1(=O)=O. The standard InChI is InChI=1S/C10H11ClN2O2S2/c11-7-2-3-8(10(12)16)9(6-7)13-4-1-5-17(13,14)15/h2-3,6H,1,4-5H2,(H2,12,16). The third-order valence-electron chi connectivity index (χ3n) is 2.59. The van der Waals surface area contributed by atoms with E-state index in [0.717, 1.165) is 0 Å². The second-order valence-corrected chi connectivity index (χ2v) is 6.66. The monoisotopic (exact) mass is 290 g/mol. The first-order chi connectivity index (χ1) is 7.92. The maximum Gasteiger partial charge on any atom is 0.235 e. The molecule has 0 unspecified atom stereocenters. The minimum absolute atomic E-state index is 0.149. The molecule has 2 rings (SSSR count). The lowest BCUT2D eigenvalue weighted by Gasteiger charge is -2.20. The van der Waals surface area contributed by atoms with Crippen molar-refractivity contribution in [2.24, 2.45) is 5.73 Å². The molecule has 1 saturated heterocycles. The highest BCUT2D eigenvalue weighted by atomic mass is 35.5. The molecule has 92 valence electrons. The zero-order valence-corrected chi connectivity index (χ0v) is 11.3. The molecule has 0 spiro atoms. The molecular formula is C10H11ClN2O2S2. The van der Waals surface area contributed by atoms with Gasteiger partial charge in [-0.3, -0.25) is 4.31 Å². The summed E-state index contributed by atoms with van der Waals surface area (Å²) in [4.78, 5) is 0.166. The normalized spacial score (nSPS) is 18.3. The van der Waals surface area contributed by atoms with Crippen molar-refractivity contribution in [1.29, 1.82) is 0 Å². The Hall–Kier alpha value is -0.850. The van der Waals surface area contributed by atoms with Gasteiger partial charge in [-0.05, 0) is 24.6 Å². The lowest BCUT2D eigenvalue weighted by molar-refractivity contribution is 0.599. The number of thiocarbonyl (C=S) groups is 1. The Balaban J connectivity index is 2.58. The fourth-order valence-electron chi connectivity index (χ4n) is 1.83. The van der Waals surface area contributed by atoms with E-state index in [4.69, 9.17) is 29.6 Å². The van der Waals surface area contributed by atoms with Gasteiger partial charge in [0.15, 0.2) is 0 Å². The Labute approximate surface area is 110 Å². The van der Waals surface area contributed by atoms with Gasteiger partial charge in [-0.25, -0.2) is 8.42 Å². The van der Waals surface area contributed by atoms with Crippen LogP contribution in [0, 0.1) is 0 Å². The molecule has 17 heavy (non-hydrogen) atoms. The van der Waals surface area contributed by atoms with Crippen molar-refractivity contribution >= 4 is 44.5 Å². The van der Waals surface area contributed by atoms with Crippen molar-refractivity contribution in [3.63, 3.8) is 0 Å². The highest BCUT2D eigenvalue weighted by Crippen LogP contribution is 2.30. The zero-order chi connectivity index (χ0) is 12.6. The lowest BCUT2D eigenvalue weighted by atomic mass is 10.1. The fourth-order valence-corrected chi connectivity index (χ4v) is 3.74. The lowest BCUT2D eigenvalue weighted by Crippen LogP contribution is -2.27. The predicted octanol–water partition coefficient (Wildman–Crippen LogP) is 1.51. The van der Waals surface area contributed by atoms with Gasteiger partial charge < -0.3 is 5.73 Å². The molecule has 1 heterocycles. The largest absolute Gasteiger partial charge is 0.389 e. The molecule has 1 aliphatic rings. The zero-order valence-electron chi connectivity index (χ0n) is 8.89. The Bertz CT molecular complexity index is 572. The van der Waals surface area contributed by atoms with Crippen molar-refractivity contribution < 1.29 is 8.42 Å². The first-order valence-electron chi connectivity index (χ1n) is 5.01. The molecule has 1 aromatic rings. The van der Waals surface area contributed by atoms with Crippen LogP contribution in [0.2, 0.25) is 5.02 Å². The van der Waals surface area contributed by atoms with Gasteiger partial charge in [0.05, 0.1) is 11.4 Å². The van der Waals surface area contributed by atoms with Crippen molar-refractivity contribution in [3.8, 4) is 0 Å². The van der Waals surface area contributed by atoms with Crippen LogP contribution in [0.5, 0.6) is 0 Å². The van der Waals surface area contributed by atoms with Gasteiger partial charge >= 0.3 is 0 Å². The van der Waals surface area contributed by atoms with E-state index < -0.39 is 10.0 Å². The summed E-state index contributed by atoms with van der Waals surface area (Å²) < 4.78 is 25.0. The molecule has 0 amide bonds. The number of anilines is 1. The van der Waals surface area contributed by atoms with Crippen LogP contribution < -0.4 is 10.0 Å². The van der Waals surface area contributed by atoms with Crippen molar-refractivity contribution in [2.75, 3.05) is 16.6 Å². The van der Waals surface area contributed by atoms with E-state index in [1.165, 1.54) is 4.31 Å². The van der Waals surface area contributed by atoms with Gasteiger partial charge in [0, 0.05) is 17.1 Å². The summed E-state index contributed by atoms with van der Waals surface area (Å²) in [6.45, 7) is 0.443. The summed E-state index contributed by atoms with van der Waals surface area (Å²) >= 11 is 10.8. The highest BCUT2D eigenvalue weighted by Gasteiger charge is 2.30. The van der Waals surface area contributed by atoms with Gasteiger partial charge in [0.1, 0.15) is 4.99 Å². The smallest absolute Gasteiger partial charge is 0.235 e. The maximum absolute atomic E-state index is 11.8. The van der Waals surface area contributed by atoms with Gasteiger partial charge in [-0.2, -0.15) is 0 Å². The number of rotatable bonds is 2. The molecule has 4 nitrogen and oxygen atoms in total. The second kappa shape index (κ2) is 4.44. The molecule has 0 radical (unpaired) electrons. The molecular weight excluding hydrogens is 280 g/mol. The Morgan fingerprint density at radius 2 is 2.18 bits per heavy atom. The molecule has 1 fully saturated rings. The van der Waals surface area contributed by atoms with Crippen LogP contribution in [0.25, 0.3) is 0 Å². The number of hydrogen-bond donors (Lipinski definition) is 1. The molecule has 0 aliphatic carbocycles. The number of nitrogens with two attached hydrogens (primary N) is 1. The van der Waals surface area contributed by atoms with Crippen molar-refractivity contribution in [2.45, 2.75) is 6.42 Å². The first-order valence-corrected chi connectivity index (χ1v) is 7.41. The van der Waals surface area contributed by atoms with Crippen LogP contribution in [0.15, 0.2) is 18.2 Å². The van der Waals surface area contributed by atoms with Gasteiger partial charge in [-0.15, -0.1) is 0 Å². The first kappa shape index (κ1) is 12.6. The Morgan fingerprint density at radius 1 is 1.47 bits per heavy atom. The van der Waals surface area contributed by atoms with Gasteiger partial charge in [0.2, 0.25) is 10.0 Å². The van der Waals surface area contributed by atoms with Crippen LogP contribution >= 0.6 is 23.8 Å². The van der Waals surface area contributed by atoms with E-state index >= 15 is 0 Å². The average Bonchev–Trinajstić information content (AvgIpc) is 2.57. The van der Waals surface area contributed by atoms with E-state index in [1.54, 1.807) is 18.2 Å². The molecule has 1 aromatic carbocycles. The van der Waals surface area contributed by atoms with E-state index in [-0.39, 0.29) is 10.7 Å². The molecule has 0 saturated carbocycles. The van der Waals surface area contributed by atoms with E-state index in [2.05, 4.69) is 0 Å². The Morgan fingerprint density at radius 3 is 2.71 bits per heavy atom. The minimum Gasteiger partial charge on any atom is -0.389 e. The van der Waals surface area contributed by atoms with E-state index in [0.29, 0.717) is 29.2 Å². The summed E-state index contributed by atoms with van der Waals surface area (Å²) in [6.07, 6.45) is 0.603. The molecule has 0 atom stereocenters. The molecule has 7 heteroatoms. The van der Waals surface area contributed by atoms with Crippen molar-refractivity contribution in [1.82, 2.24) is 0 Å². The minimum atomic E-state index is -3.25. The van der Waals surface area contributed by atoms with Crippen LogP contribution in [0.3, 0.4) is 0 Å². The highest BCUT2D eigenvalue weighted by molar-refractivity contribution is 7.93. The van der Waals surface area contributed by atoms with E-state index in [1.807, 2.05) is 0 Å². The summed E-state index contributed by atoms with van der Waals surface area (Å²) in [5, 5.41) is 0.460. The summed E-state index contributed by atoms with van der Waals surface area (Å²) in [6, 6.07) is 4.87. The molecule has 0 bridgehead atoms. The van der Waals surface area contributed by atoms with Crippen LogP contribution in [0.1, 0.15) is 12.0 Å². The van der Waals surface area contributed by atoms with Gasteiger partial charge in [-0.1, -0.05) is 23.8 Å². The Kier molecular flexibility index (Phi) is 3.29. The maximum atomic E-state index is 11.8. The predicted molar refractivity (Wildman–Crippen MR) is 73.1 cm³/mol. The third kappa shape index (κ3) is 2.38. The quantitative estimate of drug-likeness (QED) is 0.839.